The average molecular weight is 299 g/mol. The van der Waals surface area contributed by atoms with Gasteiger partial charge in [0.1, 0.15) is 6.07 Å². The highest BCUT2D eigenvalue weighted by atomic mass is 16.7. The van der Waals surface area contributed by atoms with Gasteiger partial charge in [0, 0.05) is 38.5 Å². The number of likely N-dealkylation sites (tertiary alicyclic amines) is 1. The van der Waals surface area contributed by atoms with Crippen molar-refractivity contribution in [1.82, 2.24) is 4.90 Å². The summed E-state index contributed by atoms with van der Waals surface area (Å²) in [6.07, 6.45) is 0.730. The zero-order valence-corrected chi connectivity index (χ0v) is 13.0. The maximum atomic E-state index is 9.58. The summed E-state index contributed by atoms with van der Waals surface area (Å²) in [4.78, 5) is 2.25. The Labute approximate surface area is 130 Å². The minimum Gasteiger partial charge on any atom is -0.446 e. The summed E-state index contributed by atoms with van der Waals surface area (Å²) in [5, 5.41) is 9.58. The molecular formula is C17H21N3O2. The minimum atomic E-state index is -0.753. The maximum absolute atomic E-state index is 9.58. The normalized spacial score (nSPS) is 32.0. The Balaban J connectivity index is 2.14. The van der Waals surface area contributed by atoms with Crippen LogP contribution in [-0.2, 0) is 9.47 Å². The Morgan fingerprint density at radius 3 is 2.77 bits per heavy atom. The molecule has 0 unspecified atom stereocenters. The molecule has 0 aliphatic carbocycles. The standard InChI is InChI=1S/C17H21N3O2/c1-20-9-8-17(21-2)14(11-20)15(12-6-4-3-5-7-12)13(10-18)16(19)22-17/h3-7,14-15H,8-9,11,19H2,1-2H3/t14-,15+,17+/m0/s1. The number of hydrogen-bond acceptors (Lipinski definition) is 5. The second-order valence-corrected chi connectivity index (χ2v) is 6.01. The molecule has 0 bridgehead atoms. The molecule has 1 saturated heterocycles. The van der Waals surface area contributed by atoms with Crippen molar-refractivity contribution < 1.29 is 9.47 Å². The first-order chi connectivity index (χ1) is 10.6. The van der Waals surface area contributed by atoms with E-state index in [9.17, 15) is 5.26 Å². The van der Waals surface area contributed by atoms with Crippen LogP contribution in [0.3, 0.4) is 0 Å². The summed E-state index contributed by atoms with van der Waals surface area (Å²) in [7, 11) is 3.74. The van der Waals surface area contributed by atoms with Gasteiger partial charge in [-0.1, -0.05) is 30.3 Å². The second-order valence-electron chi connectivity index (χ2n) is 6.01. The van der Waals surface area contributed by atoms with Crippen LogP contribution < -0.4 is 5.73 Å². The van der Waals surface area contributed by atoms with Crippen molar-refractivity contribution in [3.63, 3.8) is 0 Å². The number of ether oxygens (including phenoxy) is 2. The van der Waals surface area contributed by atoms with Crippen LogP contribution in [0.4, 0.5) is 0 Å². The van der Waals surface area contributed by atoms with E-state index in [0.29, 0.717) is 5.57 Å². The Hall–Kier alpha value is -2.03. The number of fused-ring (bicyclic) bond motifs is 1. The lowest BCUT2D eigenvalue weighted by molar-refractivity contribution is -0.264. The van der Waals surface area contributed by atoms with Crippen LogP contribution >= 0.6 is 0 Å². The largest absolute Gasteiger partial charge is 0.446 e. The highest BCUT2D eigenvalue weighted by Gasteiger charge is 2.53. The molecule has 1 aromatic rings. The molecule has 3 rings (SSSR count). The first kappa shape index (κ1) is 14.9. The van der Waals surface area contributed by atoms with Crippen molar-refractivity contribution in [2.24, 2.45) is 11.7 Å². The molecule has 5 nitrogen and oxygen atoms in total. The molecule has 2 N–H and O–H groups in total. The molecule has 0 saturated carbocycles. The van der Waals surface area contributed by atoms with Gasteiger partial charge >= 0.3 is 0 Å². The summed E-state index contributed by atoms with van der Waals surface area (Å²) in [5.41, 5.74) is 7.64. The molecule has 2 aliphatic rings. The monoisotopic (exact) mass is 299 g/mol. The van der Waals surface area contributed by atoms with Crippen molar-refractivity contribution in [3.8, 4) is 6.07 Å². The third kappa shape index (κ3) is 2.25. The Kier molecular flexibility index (Phi) is 3.81. The number of hydrogen-bond donors (Lipinski definition) is 1. The Bertz CT molecular complexity index is 623. The number of nitrogens with two attached hydrogens (primary N) is 1. The number of allylic oxidation sites excluding steroid dienone is 1. The van der Waals surface area contributed by atoms with Gasteiger partial charge in [0.15, 0.2) is 0 Å². The fraction of sp³-hybridized carbons (Fsp3) is 0.471. The molecule has 5 heteroatoms. The van der Waals surface area contributed by atoms with Crippen LogP contribution in [-0.4, -0.2) is 37.9 Å². The van der Waals surface area contributed by atoms with Crippen LogP contribution in [0.25, 0.3) is 0 Å². The average Bonchev–Trinajstić information content (AvgIpc) is 2.55. The highest BCUT2D eigenvalue weighted by molar-refractivity contribution is 5.41. The topological polar surface area (TPSA) is 71.5 Å². The van der Waals surface area contributed by atoms with E-state index in [1.165, 1.54) is 0 Å². The third-order valence-electron chi connectivity index (χ3n) is 4.80. The summed E-state index contributed by atoms with van der Waals surface area (Å²) in [5.74, 6) is -0.639. The van der Waals surface area contributed by atoms with Gasteiger partial charge in [-0.3, -0.25) is 0 Å². The van der Waals surface area contributed by atoms with Gasteiger partial charge < -0.3 is 20.1 Å². The van der Waals surface area contributed by atoms with Crippen molar-refractivity contribution in [2.75, 3.05) is 27.2 Å². The highest BCUT2D eigenvalue weighted by Crippen LogP contribution is 2.48. The molecule has 0 radical (unpaired) electrons. The zero-order chi connectivity index (χ0) is 15.7. The van der Waals surface area contributed by atoms with Crippen LogP contribution in [0, 0.1) is 17.2 Å². The predicted octanol–water partition coefficient (Wildman–Crippen LogP) is 1.79. The summed E-state index contributed by atoms with van der Waals surface area (Å²) in [6.45, 7) is 1.67. The number of benzene rings is 1. The first-order valence-electron chi connectivity index (χ1n) is 7.48. The molecule has 116 valence electrons. The number of rotatable bonds is 2. The lowest BCUT2D eigenvalue weighted by Gasteiger charge is -2.51. The van der Waals surface area contributed by atoms with Crippen molar-refractivity contribution >= 4 is 0 Å². The fourth-order valence-corrected chi connectivity index (χ4v) is 3.66. The van der Waals surface area contributed by atoms with Gasteiger partial charge in [-0.15, -0.1) is 0 Å². The van der Waals surface area contributed by atoms with E-state index in [1.54, 1.807) is 7.11 Å². The van der Waals surface area contributed by atoms with Crippen LogP contribution in [0.2, 0.25) is 0 Å². The molecular weight excluding hydrogens is 278 g/mol. The molecule has 0 spiro atoms. The fourth-order valence-electron chi connectivity index (χ4n) is 3.66. The van der Waals surface area contributed by atoms with Crippen LogP contribution in [0.5, 0.6) is 0 Å². The van der Waals surface area contributed by atoms with E-state index in [4.69, 9.17) is 15.2 Å². The Morgan fingerprint density at radius 1 is 1.41 bits per heavy atom. The van der Waals surface area contributed by atoms with Gasteiger partial charge in [-0.05, 0) is 12.6 Å². The van der Waals surface area contributed by atoms with E-state index >= 15 is 0 Å². The second kappa shape index (κ2) is 5.64. The van der Waals surface area contributed by atoms with Gasteiger partial charge in [0.05, 0.1) is 5.57 Å². The summed E-state index contributed by atoms with van der Waals surface area (Å²) >= 11 is 0. The third-order valence-corrected chi connectivity index (χ3v) is 4.80. The molecule has 0 amide bonds. The van der Waals surface area contributed by atoms with Crippen LogP contribution in [0.1, 0.15) is 17.9 Å². The van der Waals surface area contributed by atoms with Gasteiger partial charge in [-0.25, -0.2) is 0 Å². The number of nitriles is 1. The van der Waals surface area contributed by atoms with Crippen molar-refractivity contribution in [3.05, 3.63) is 47.4 Å². The van der Waals surface area contributed by atoms with E-state index in [1.807, 2.05) is 30.3 Å². The predicted molar refractivity (Wildman–Crippen MR) is 82.4 cm³/mol. The molecule has 2 heterocycles. The summed E-state index contributed by atoms with van der Waals surface area (Å²) in [6, 6.07) is 12.3. The first-order valence-corrected chi connectivity index (χ1v) is 7.48. The van der Waals surface area contributed by atoms with Crippen molar-refractivity contribution in [2.45, 2.75) is 18.1 Å². The quantitative estimate of drug-likeness (QED) is 0.901. The number of methoxy groups -OCH3 is 1. The van der Waals surface area contributed by atoms with Crippen molar-refractivity contribution in [1.29, 1.82) is 5.26 Å². The Morgan fingerprint density at radius 2 is 2.14 bits per heavy atom. The minimum absolute atomic E-state index is 0.0283. The summed E-state index contributed by atoms with van der Waals surface area (Å²) < 4.78 is 11.7. The molecule has 0 aromatic heterocycles. The van der Waals surface area contributed by atoms with Crippen LogP contribution in [0.15, 0.2) is 41.8 Å². The lowest BCUT2D eigenvalue weighted by Crippen LogP contribution is -2.58. The SMILES string of the molecule is CO[C@@]12CCN(C)C[C@H]1[C@H](c1ccccc1)C(C#N)=C(N)O2. The molecule has 1 fully saturated rings. The van der Waals surface area contributed by atoms with E-state index in [0.717, 1.165) is 25.1 Å². The van der Waals surface area contributed by atoms with Gasteiger partial charge in [0.2, 0.25) is 11.7 Å². The van der Waals surface area contributed by atoms with E-state index < -0.39 is 5.79 Å². The smallest absolute Gasteiger partial charge is 0.218 e. The molecule has 1 aromatic carbocycles. The lowest BCUT2D eigenvalue weighted by atomic mass is 9.72. The maximum Gasteiger partial charge on any atom is 0.218 e. The molecule has 2 aliphatic heterocycles. The zero-order valence-electron chi connectivity index (χ0n) is 13.0. The molecule has 3 atom stereocenters. The number of nitrogens with zero attached hydrogens (tertiary/aromatic N) is 2. The van der Waals surface area contributed by atoms with E-state index in [2.05, 4.69) is 18.0 Å². The van der Waals surface area contributed by atoms with Gasteiger partial charge in [-0.2, -0.15) is 5.26 Å². The molecule has 22 heavy (non-hydrogen) atoms. The van der Waals surface area contributed by atoms with E-state index in [-0.39, 0.29) is 17.7 Å². The number of piperidine rings is 1. The van der Waals surface area contributed by atoms with Gasteiger partial charge in [0.25, 0.3) is 0 Å².